The van der Waals surface area contributed by atoms with Crippen LogP contribution in [0.5, 0.6) is 5.75 Å². The Hall–Kier alpha value is -1.59. The predicted molar refractivity (Wildman–Crippen MR) is 85.9 cm³/mol. The molecule has 0 aromatic heterocycles. The number of carbonyl (C=O) groups is 1. The average molecular weight is 306 g/mol. The molecule has 0 saturated carbocycles. The SMILES string of the molecule is COC(=O)COc1ccc(CN(C)CC2(C)CCNC2)cc1. The summed E-state index contributed by atoms with van der Waals surface area (Å²) >= 11 is 0. The Morgan fingerprint density at radius 1 is 1.36 bits per heavy atom. The molecule has 0 amide bonds. The quantitative estimate of drug-likeness (QED) is 0.777. The van der Waals surface area contributed by atoms with Crippen molar-refractivity contribution in [1.29, 1.82) is 0 Å². The molecule has 22 heavy (non-hydrogen) atoms. The Balaban J connectivity index is 1.81. The number of carbonyl (C=O) groups excluding carboxylic acids is 1. The van der Waals surface area contributed by atoms with Crippen LogP contribution in [-0.2, 0) is 16.1 Å². The van der Waals surface area contributed by atoms with E-state index in [4.69, 9.17) is 4.74 Å². The first-order valence-electron chi connectivity index (χ1n) is 7.69. The third kappa shape index (κ3) is 5.00. The first kappa shape index (κ1) is 16.8. The lowest BCUT2D eigenvalue weighted by Gasteiger charge is -2.29. The topological polar surface area (TPSA) is 50.8 Å². The highest BCUT2D eigenvalue weighted by Gasteiger charge is 2.29. The molecular weight excluding hydrogens is 280 g/mol. The fourth-order valence-corrected chi connectivity index (χ4v) is 2.92. The Morgan fingerprint density at radius 3 is 2.68 bits per heavy atom. The maximum Gasteiger partial charge on any atom is 0.343 e. The minimum atomic E-state index is -0.373. The first-order chi connectivity index (χ1) is 10.5. The van der Waals surface area contributed by atoms with Crippen LogP contribution in [0, 0.1) is 5.41 Å². The van der Waals surface area contributed by atoms with Gasteiger partial charge in [-0.2, -0.15) is 0 Å². The highest BCUT2D eigenvalue weighted by molar-refractivity contribution is 5.70. The summed E-state index contributed by atoms with van der Waals surface area (Å²) in [6.07, 6.45) is 1.23. The van der Waals surface area contributed by atoms with Crippen LogP contribution in [0.15, 0.2) is 24.3 Å². The van der Waals surface area contributed by atoms with E-state index in [9.17, 15) is 4.79 Å². The van der Waals surface area contributed by atoms with Crippen LogP contribution in [0.1, 0.15) is 18.9 Å². The van der Waals surface area contributed by atoms with Gasteiger partial charge in [0.25, 0.3) is 0 Å². The van der Waals surface area contributed by atoms with Gasteiger partial charge >= 0.3 is 5.97 Å². The summed E-state index contributed by atoms with van der Waals surface area (Å²) in [6, 6.07) is 7.87. The molecular formula is C17H26N2O3. The van der Waals surface area contributed by atoms with Crippen LogP contribution < -0.4 is 10.1 Å². The number of hydrogen-bond donors (Lipinski definition) is 1. The summed E-state index contributed by atoms with van der Waals surface area (Å²) in [7, 11) is 3.51. The van der Waals surface area contributed by atoms with Gasteiger partial charge in [0, 0.05) is 19.6 Å². The van der Waals surface area contributed by atoms with Gasteiger partial charge in [-0.15, -0.1) is 0 Å². The molecule has 5 nitrogen and oxygen atoms in total. The van der Waals surface area contributed by atoms with Crippen LogP contribution in [0.2, 0.25) is 0 Å². The second kappa shape index (κ2) is 7.61. The van der Waals surface area contributed by atoms with E-state index in [-0.39, 0.29) is 12.6 Å². The van der Waals surface area contributed by atoms with E-state index in [0.717, 1.165) is 26.2 Å². The number of methoxy groups -OCH3 is 1. The van der Waals surface area contributed by atoms with Gasteiger partial charge in [-0.1, -0.05) is 19.1 Å². The van der Waals surface area contributed by atoms with Crippen molar-refractivity contribution in [3.63, 3.8) is 0 Å². The largest absolute Gasteiger partial charge is 0.482 e. The molecule has 1 heterocycles. The van der Waals surface area contributed by atoms with E-state index in [0.29, 0.717) is 11.2 Å². The molecule has 1 atom stereocenters. The van der Waals surface area contributed by atoms with Gasteiger partial charge in [-0.05, 0) is 43.1 Å². The minimum Gasteiger partial charge on any atom is -0.482 e. The summed E-state index contributed by atoms with van der Waals surface area (Å²) in [5.74, 6) is 0.311. The molecule has 0 spiro atoms. The lowest BCUT2D eigenvalue weighted by Crippen LogP contribution is -2.34. The third-order valence-electron chi connectivity index (χ3n) is 4.07. The highest BCUT2D eigenvalue weighted by atomic mass is 16.6. The van der Waals surface area contributed by atoms with Crippen LogP contribution in [0.4, 0.5) is 0 Å². The zero-order valence-corrected chi connectivity index (χ0v) is 13.7. The molecule has 1 aromatic rings. The Kier molecular flexibility index (Phi) is 5.80. The summed E-state index contributed by atoms with van der Waals surface area (Å²) < 4.78 is 9.89. The number of nitrogens with one attached hydrogen (secondary N) is 1. The molecule has 1 N–H and O–H groups in total. The predicted octanol–water partition coefficient (Wildman–Crippen LogP) is 1.67. The molecule has 1 saturated heterocycles. The van der Waals surface area contributed by atoms with Crippen LogP contribution in [-0.4, -0.2) is 51.3 Å². The van der Waals surface area contributed by atoms with Crippen LogP contribution in [0.3, 0.4) is 0 Å². The second-order valence-electron chi connectivity index (χ2n) is 6.42. The number of rotatable bonds is 7. The van der Waals surface area contributed by atoms with Crippen molar-refractivity contribution in [2.24, 2.45) is 5.41 Å². The lowest BCUT2D eigenvalue weighted by molar-refractivity contribution is -0.142. The van der Waals surface area contributed by atoms with Gasteiger partial charge in [0.15, 0.2) is 6.61 Å². The zero-order valence-electron chi connectivity index (χ0n) is 13.7. The third-order valence-corrected chi connectivity index (χ3v) is 4.07. The molecule has 2 rings (SSSR count). The van der Waals surface area contributed by atoms with Crippen molar-refractivity contribution < 1.29 is 14.3 Å². The summed E-state index contributed by atoms with van der Waals surface area (Å²) in [5, 5.41) is 3.44. The Bertz CT molecular complexity index is 481. The Labute approximate surface area is 132 Å². The summed E-state index contributed by atoms with van der Waals surface area (Å²) in [5.41, 5.74) is 1.61. The second-order valence-corrected chi connectivity index (χ2v) is 6.42. The number of ether oxygens (including phenoxy) is 2. The smallest absolute Gasteiger partial charge is 0.343 e. The van der Waals surface area contributed by atoms with Crippen LogP contribution in [0.25, 0.3) is 0 Å². The van der Waals surface area contributed by atoms with Gasteiger partial charge in [-0.3, -0.25) is 0 Å². The minimum absolute atomic E-state index is 0.0545. The van der Waals surface area contributed by atoms with Crippen molar-refractivity contribution in [1.82, 2.24) is 10.2 Å². The van der Waals surface area contributed by atoms with Crippen molar-refractivity contribution in [2.75, 3.05) is 40.4 Å². The van der Waals surface area contributed by atoms with Crippen molar-refractivity contribution in [2.45, 2.75) is 19.9 Å². The monoisotopic (exact) mass is 306 g/mol. The molecule has 0 radical (unpaired) electrons. The number of benzene rings is 1. The molecule has 5 heteroatoms. The molecule has 122 valence electrons. The molecule has 1 aromatic carbocycles. The van der Waals surface area contributed by atoms with Crippen LogP contribution >= 0.6 is 0 Å². The summed E-state index contributed by atoms with van der Waals surface area (Å²) in [4.78, 5) is 13.4. The molecule has 1 fully saturated rings. The van der Waals surface area contributed by atoms with E-state index >= 15 is 0 Å². The van der Waals surface area contributed by atoms with Gasteiger partial charge < -0.3 is 19.7 Å². The molecule has 1 unspecified atom stereocenters. The zero-order chi connectivity index (χ0) is 16.0. The number of hydrogen-bond acceptors (Lipinski definition) is 5. The Morgan fingerprint density at radius 2 is 2.09 bits per heavy atom. The molecule has 0 aliphatic carbocycles. The fraction of sp³-hybridized carbons (Fsp3) is 0.588. The maximum absolute atomic E-state index is 11.0. The van der Waals surface area contributed by atoms with Crippen molar-refractivity contribution >= 4 is 5.97 Å². The number of esters is 1. The lowest BCUT2D eigenvalue weighted by atomic mass is 9.89. The van der Waals surface area contributed by atoms with E-state index < -0.39 is 0 Å². The first-order valence-corrected chi connectivity index (χ1v) is 7.69. The van der Waals surface area contributed by atoms with E-state index in [2.05, 4.69) is 28.9 Å². The highest BCUT2D eigenvalue weighted by Crippen LogP contribution is 2.25. The van der Waals surface area contributed by atoms with Gasteiger partial charge in [-0.25, -0.2) is 4.79 Å². The average Bonchev–Trinajstić information content (AvgIpc) is 2.92. The van der Waals surface area contributed by atoms with Gasteiger partial charge in [0.2, 0.25) is 0 Å². The van der Waals surface area contributed by atoms with E-state index in [1.54, 1.807) is 0 Å². The summed E-state index contributed by atoms with van der Waals surface area (Å²) in [6.45, 7) is 6.50. The molecule has 1 aliphatic heterocycles. The van der Waals surface area contributed by atoms with E-state index in [1.807, 2.05) is 24.3 Å². The molecule has 0 bridgehead atoms. The fourth-order valence-electron chi connectivity index (χ4n) is 2.92. The number of nitrogens with zero attached hydrogens (tertiary/aromatic N) is 1. The van der Waals surface area contributed by atoms with Crippen molar-refractivity contribution in [3.05, 3.63) is 29.8 Å². The van der Waals surface area contributed by atoms with Gasteiger partial charge in [0.05, 0.1) is 7.11 Å². The molecule has 1 aliphatic rings. The van der Waals surface area contributed by atoms with Crippen molar-refractivity contribution in [3.8, 4) is 5.75 Å². The van der Waals surface area contributed by atoms with E-state index in [1.165, 1.54) is 19.1 Å². The maximum atomic E-state index is 11.0. The standard InChI is InChI=1S/C17H26N2O3/c1-17(8-9-18-12-17)13-19(2)10-14-4-6-15(7-5-14)22-11-16(20)21-3/h4-7,18H,8-13H2,1-3H3. The van der Waals surface area contributed by atoms with Gasteiger partial charge in [0.1, 0.15) is 5.75 Å². The normalized spacial score (nSPS) is 21.1.